The summed E-state index contributed by atoms with van der Waals surface area (Å²) in [6.07, 6.45) is 0. The van der Waals surface area contributed by atoms with Gasteiger partial charge in [-0.05, 0) is 232 Å². The quantitative estimate of drug-likeness (QED) is 0.105. The second-order valence-corrected chi connectivity index (χ2v) is 37.5. The maximum Gasteiger partial charge on any atom is 0.268 e. The molecule has 9 nitrogen and oxygen atoms in total. The van der Waals surface area contributed by atoms with Gasteiger partial charge in [0, 0.05) is 134 Å². The van der Waals surface area contributed by atoms with Gasteiger partial charge in [-0.3, -0.25) is 0 Å². The smallest absolute Gasteiger partial charge is 0.268 e. The Morgan fingerprint density at radius 2 is 0.553 bits per heavy atom. The zero-order chi connectivity index (χ0) is 82.8. The number of thiophene rings is 2. The number of para-hydroxylation sites is 10. The summed E-state index contributed by atoms with van der Waals surface area (Å²) in [6, 6.07) is 133. The van der Waals surface area contributed by atoms with Crippen LogP contribution in [0, 0.1) is 20.8 Å². The molecule has 0 spiro atoms. The third-order valence-electron chi connectivity index (χ3n) is 25.6. The van der Waals surface area contributed by atoms with E-state index in [1.165, 1.54) is 46.8 Å². The topological polar surface area (TPSA) is 41.1 Å². The van der Waals surface area contributed by atoms with Crippen LogP contribution in [0.5, 0.6) is 23.0 Å². The first-order valence-electron chi connectivity index (χ1n) is 42.7. The van der Waals surface area contributed by atoms with Crippen molar-refractivity contribution in [1.29, 1.82) is 0 Å². The summed E-state index contributed by atoms with van der Waals surface area (Å²) in [7, 11) is 0. The van der Waals surface area contributed by atoms with Crippen LogP contribution < -0.4 is 91.6 Å². The Morgan fingerprint density at radius 3 is 0.967 bits per heavy atom. The van der Waals surface area contributed by atoms with Gasteiger partial charge in [0.15, 0.2) is 0 Å². The van der Waals surface area contributed by atoms with E-state index < -0.39 is 6.71 Å². The molecule has 123 heavy (non-hydrogen) atoms. The van der Waals surface area contributed by atoms with Gasteiger partial charge >= 0.3 is 0 Å². The zero-order valence-corrected chi connectivity index (χ0v) is 71.7. The molecule has 0 radical (unpaired) electrons. The lowest BCUT2D eigenvalue weighted by Gasteiger charge is -2.46. The van der Waals surface area contributed by atoms with E-state index in [9.17, 15) is 0 Å². The molecule has 0 saturated heterocycles. The summed E-state index contributed by atoms with van der Waals surface area (Å²) < 4.78 is 18.3. The van der Waals surface area contributed by atoms with Crippen molar-refractivity contribution in [1.82, 2.24) is 0 Å². The molecule has 0 amide bonds. The monoisotopic (exact) mass is 1620 g/mol. The van der Waals surface area contributed by atoms with E-state index in [4.69, 9.17) is 9.47 Å². The summed E-state index contributed by atoms with van der Waals surface area (Å²) in [6.45, 7) is 20.0. The summed E-state index contributed by atoms with van der Waals surface area (Å²) >= 11 is 3.87. The number of aryl methyl sites for hydroxylation is 3. The first-order chi connectivity index (χ1) is 60.0. The number of hydrogen-bond acceptors (Lipinski definition) is 11. The van der Waals surface area contributed by atoms with Crippen LogP contribution in [0.1, 0.15) is 68.0 Å². The van der Waals surface area contributed by atoms with Crippen LogP contribution >= 0.6 is 22.7 Å². The third-order valence-corrected chi connectivity index (χ3v) is 28.8. The molecule has 6 aliphatic heterocycles. The largest absolute Gasteiger partial charge is 0.458 e. The van der Waals surface area contributed by atoms with Crippen molar-refractivity contribution < 1.29 is 9.47 Å². The molecule has 0 bridgehead atoms. The molecule has 0 saturated carbocycles. The van der Waals surface area contributed by atoms with Gasteiger partial charge in [0.1, 0.15) is 23.0 Å². The Labute approximate surface area is 729 Å². The van der Waals surface area contributed by atoms with Gasteiger partial charge in [-0.15, -0.1) is 11.3 Å². The molecule has 17 aromatic rings. The molecule has 0 aliphatic carbocycles. The highest BCUT2D eigenvalue weighted by molar-refractivity contribution is 7.30. The fourth-order valence-electron chi connectivity index (χ4n) is 19.9. The summed E-state index contributed by atoms with van der Waals surface area (Å²) in [4.78, 5) is 20.2. The first kappa shape index (κ1) is 74.2. The number of nitrogens with zero attached hydrogens (tertiary/aromatic N) is 7. The maximum atomic E-state index is 8.20. The molecule has 0 fully saturated rings. The van der Waals surface area contributed by atoms with Crippen molar-refractivity contribution in [3.05, 3.63) is 384 Å². The SMILES string of the molecule is Cc1ccccc1N1c2cc3c(cc2B2c4cc5c(cc4Oc4cc(N(c6ccccc6)c6ccccc6)cc1c42)N(c1ccccc1C)c1cc(N(c2ccccc2)c2ccccc2)cc2c1B5c1sc(C(C)(C)C)cc1O2)B1c2sc(C(C)(C)C)cc2N(c2ccccc2)c2cc(N(c4ccccc4)c4ccccc4)cc(c21)N3c1ccccc1C. The highest BCUT2D eigenvalue weighted by Crippen LogP contribution is 2.56. The second kappa shape index (κ2) is 28.6. The summed E-state index contributed by atoms with van der Waals surface area (Å²) in [5.74, 6) is 3.31. The van der Waals surface area contributed by atoms with Crippen molar-refractivity contribution in [2.24, 2.45) is 0 Å². The van der Waals surface area contributed by atoms with E-state index in [0.717, 1.165) is 170 Å². The van der Waals surface area contributed by atoms with Gasteiger partial charge in [0.25, 0.3) is 20.1 Å². The molecule has 8 heterocycles. The lowest BCUT2D eigenvalue weighted by molar-refractivity contribution is 0.487. The minimum atomic E-state index is -0.397. The normalized spacial score (nSPS) is 13.4. The van der Waals surface area contributed by atoms with Crippen LogP contribution in [0.4, 0.5) is 119 Å². The van der Waals surface area contributed by atoms with Crippen molar-refractivity contribution in [2.75, 3.05) is 34.3 Å². The van der Waals surface area contributed by atoms with E-state index in [-0.39, 0.29) is 24.3 Å². The molecule has 0 unspecified atom stereocenters. The Kier molecular flexibility index (Phi) is 17.3. The van der Waals surface area contributed by atoms with Crippen molar-refractivity contribution >= 4 is 210 Å². The molecule has 14 heteroatoms. The van der Waals surface area contributed by atoms with Crippen LogP contribution in [-0.2, 0) is 10.8 Å². The number of ether oxygens (including phenoxy) is 2. The van der Waals surface area contributed by atoms with Crippen molar-refractivity contribution in [2.45, 2.75) is 73.1 Å². The number of benzene rings is 15. The van der Waals surface area contributed by atoms with E-state index in [0.29, 0.717) is 0 Å². The number of anilines is 21. The first-order valence-corrected chi connectivity index (χ1v) is 44.3. The average Bonchev–Trinajstić information content (AvgIpc) is 1.63. The van der Waals surface area contributed by atoms with Gasteiger partial charge in [-0.1, -0.05) is 236 Å². The van der Waals surface area contributed by atoms with E-state index in [2.05, 4.69) is 455 Å². The molecule has 15 aromatic carbocycles. The van der Waals surface area contributed by atoms with Crippen LogP contribution in [0.15, 0.2) is 358 Å². The molecule has 0 atom stereocenters. The number of hydrogen-bond donors (Lipinski definition) is 0. The molecule has 6 aliphatic rings. The minimum absolute atomic E-state index is 0.180. The summed E-state index contributed by atoms with van der Waals surface area (Å²) in [5.41, 5.74) is 33.6. The fraction of sp³-hybridized carbons (Fsp3) is 0.101. The third kappa shape index (κ3) is 11.9. The highest BCUT2D eigenvalue weighted by Gasteiger charge is 2.52. The predicted molar refractivity (Wildman–Crippen MR) is 524 cm³/mol. The lowest BCUT2D eigenvalue weighted by atomic mass is 9.30. The maximum absolute atomic E-state index is 8.20. The molecular formula is C109H86B3N7O2S2. The molecule has 2 aromatic heterocycles. The molecule has 23 rings (SSSR count). The van der Waals surface area contributed by atoms with Gasteiger partial charge in [0.05, 0.1) is 22.7 Å². The Morgan fingerprint density at radius 1 is 0.236 bits per heavy atom. The summed E-state index contributed by atoms with van der Waals surface area (Å²) in [5, 5.41) is 0. The minimum Gasteiger partial charge on any atom is -0.458 e. The van der Waals surface area contributed by atoms with Crippen molar-refractivity contribution in [3.63, 3.8) is 0 Å². The van der Waals surface area contributed by atoms with Gasteiger partial charge in [-0.2, -0.15) is 11.3 Å². The second-order valence-electron chi connectivity index (χ2n) is 35.3. The average molecular weight is 1620 g/mol. The van der Waals surface area contributed by atoms with Gasteiger partial charge in [-0.25, -0.2) is 0 Å². The fourth-order valence-corrected chi connectivity index (χ4v) is 22.5. The van der Waals surface area contributed by atoms with Gasteiger partial charge < -0.3 is 43.8 Å². The Hall–Kier alpha value is -13.9. The molecular weight excluding hydrogens is 1540 g/mol. The van der Waals surface area contributed by atoms with Gasteiger partial charge in [0.2, 0.25) is 0 Å². The molecule has 0 N–H and O–H groups in total. The zero-order valence-electron chi connectivity index (χ0n) is 70.1. The standard InChI is InChI=1S/C109H86B3N7O2S2/c1-69-37-31-34-54-86(69)117-90-65-89-82(63-83(90)111-103-92(116(78-52-29-16-30-53-78)96-67-101(108(4,5)6)122-106(96)111)57-79(58-93(103)117)113(72-40-17-10-18-41-72)73-42-19-11-20-43-73)110-85-64-84-91(66-97(85)120-98-61-80(59-94(104(98)110)118(89)87-55-35-32-38-70(87)2)114(74-44-21-12-22-45-74)75-46-23-13-24-47-75)119(88-56-36-33-39-71(88)3)95-60-81(115(76-48-25-14-26-49-76)77-50-27-15-28-51-77)62-99-105(95)112(84)107-100(121-99)68-102(123-107)109(7,8)9/h10-68H,1-9H3. The predicted octanol–water partition coefficient (Wildman–Crippen LogP) is 24.6. The number of rotatable bonds is 13. The lowest BCUT2D eigenvalue weighted by Crippen LogP contribution is -2.65. The van der Waals surface area contributed by atoms with Crippen molar-refractivity contribution in [3.8, 4) is 23.0 Å². The Bertz CT molecular complexity index is 6960. The molecule has 590 valence electrons. The van der Waals surface area contributed by atoms with E-state index in [1.807, 2.05) is 22.7 Å². The van der Waals surface area contributed by atoms with E-state index >= 15 is 0 Å². The van der Waals surface area contributed by atoms with Crippen LogP contribution in [0.3, 0.4) is 0 Å². The van der Waals surface area contributed by atoms with Crippen LogP contribution in [0.25, 0.3) is 0 Å². The van der Waals surface area contributed by atoms with Crippen LogP contribution in [-0.4, -0.2) is 20.1 Å². The van der Waals surface area contributed by atoms with E-state index in [1.54, 1.807) is 0 Å². The Balaban J connectivity index is 0.848. The van der Waals surface area contributed by atoms with Crippen LogP contribution in [0.2, 0.25) is 0 Å². The number of fused-ring (bicyclic) bond motifs is 12. The highest BCUT2D eigenvalue weighted by atomic mass is 32.1.